The third kappa shape index (κ3) is 6.88. The maximum Gasteiger partial charge on any atom is 0.407 e. The van der Waals surface area contributed by atoms with E-state index in [-0.39, 0.29) is 31.8 Å². The molecule has 3 aromatic carbocycles. The van der Waals surface area contributed by atoms with E-state index >= 15 is 0 Å². The van der Waals surface area contributed by atoms with Crippen molar-refractivity contribution >= 4 is 18.0 Å². The Morgan fingerprint density at radius 2 is 1.53 bits per heavy atom. The van der Waals surface area contributed by atoms with Crippen LogP contribution in [0.3, 0.4) is 0 Å². The van der Waals surface area contributed by atoms with Gasteiger partial charge in [0.25, 0.3) is 0 Å². The lowest BCUT2D eigenvalue weighted by Gasteiger charge is -2.20. The predicted octanol–water partition coefficient (Wildman–Crippen LogP) is 5.49. The first-order chi connectivity index (χ1) is 18.4. The summed E-state index contributed by atoms with van der Waals surface area (Å²) < 4.78 is 11.1. The Morgan fingerprint density at radius 3 is 2.13 bits per heavy atom. The molecule has 0 fully saturated rings. The summed E-state index contributed by atoms with van der Waals surface area (Å²) in [5, 5.41) is 11.8. The van der Waals surface area contributed by atoms with Crippen LogP contribution >= 0.6 is 0 Å². The summed E-state index contributed by atoms with van der Waals surface area (Å²) in [7, 11) is 0. The van der Waals surface area contributed by atoms with Gasteiger partial charge in [-0.3, -0.25) is 9.59 Å². The maximum absolute atomic E-state index is 12.7. The number of carboxylic acid groups (broad SMARTS) is 1. The Morgan fingerprint density at radius 1 is 0.921 bits per heavy atom. The SMILES string of the molecule is C=CC(Cc1ccccc1)OC(=O)C[C@H](CCC(=O)O)NC(=O)OCC1c2ccccc2-c2ccccc21. The second kappa shape index (κ2) is 12.7. The Hall–Kier alpha value is -4.39. The number of ether oxygens (including phenoxy) is 2. The quantitative estimate of drug-likeness (QED) is 0.245. The Kier molecular flexibility index (Phi) is 8.93. The number of benzene rings is 3. The number of aliphatic carboxylic acids is 1. The topological polar surface area (TPSA) is 102 Å². The fourth-order valence-corrected chi connectivity index (χ4v) is 4.77. The number of rotatable bonds is 12. The van der Waals surface area contributed by atoms with Gasteiger partial charge in [-0.1, -0.05) is 91.5 Å². The van der Waals surface area contributed by atoms with Crippen LogP contribution in [-0.2, 0) is 25.5 Å². The number of carbonyl (C=O) groups excluding carboxylic acids is 2. The van der Waals surface area contributed by atoms with E-state index in [4.69, 9.17) is 14.6 Å². The van der Waals surface area contributed by atoms with Crippen LogP contribution in [0.5, 0.6) is 0 Å². The van der Waals surface area contributed by atoms with Crippen molar-refractivity contribution in [3.8, 4) is 11.1 Å². The van der Waals surface area contributed by atoms with Crippen LogP contribution in [0.1, 0.15) is 41.9 Å². The highest BCUT2D eigenvalue weighted by Crippen LogP contribution is 2.44. The molecule has 0 aromatic heterocycles. The lowest BCUT2D eigenvalue weighted by Crippen LogP contribution is -2.38. The van der Waals surface area contributed by atoms with Crippen LogP contribution in [0.2, 0.25) is 0 Å². The van der Waals surface area contributed by atoms with Gasteiger partial charge < -0.3 is 19.9 Å². The molecule has 3 aromatic rings. The molecule has 0 saturated heterocycles. The molecule has 0 spiro atoms. The van der Waals surface area contributed by atoms with Crippen molar-refractivity contribution in [2.75, 3.05) is 6.61 Å². The van der Waals surface area contributed by atoms with Crippen LogP contribution in [0, 0.1) is 0 Å². The first-order valence-electron chi connectivity index (χ1n) is 12.6. The van der Waals surface area contributed by atoms with E-state index in [0.717, 1.165) is 27.8 Å². The fourth-order valence-electron chi connectivity index (χ4n) is 4.77. The molecule has 1 aliphatic carbocycles. The smallest absolute Gasteiger partial charge is 0.407 e. The molecule has 7 heteroatoms. The molecule has 7 nitrogen and oxygen atoms in total. The van der Waals surface area contributed by atoms with Crippen LogP contribution in [0.25, 0.3) is 11.1 Å². The first kappa shape index (κ1) is 26.7. The summed E-state index contributed by atoms with van der Waals surface area (Å²) >= 11 is 0. The maximum atomic E-state index is 12.7. The standard InChI is InChI=1S/C31H31NO6/c1-2-23(18-21-10-4-3-5-11-21)38-30(35)19-22(16-17-29(33)34)32-31(36)37-20-28-26-14-8-6-12-24(26)25-13-7-9-15-27(25)28/h2-15,22-23,28H,1,16-20H2,(H,32,36)(H,33,34)/t22-,23?/m0/s1. The number of fused-ring (bicyclic) bond motifs is 3. The van der Waals surface area contributed by atoms with Crippen LogP contribution in [0.15, 0.2) is 91.5 Å². The summed E-state index contributed by atoms with van der Waals surface area (Å²) in [5.74, 6) is -1.69. The molecule has 196 valence electrons. The van der Waals surface area contributed by atoms with Gasteiger partial charge >= 0.3 is 18.0 Å². The van der Waals surface area contributed by atoms with Gasteiger partial charge in [0.15, 0.2) is 0 Å². The van der Waals surface area contributed by atoms with Crippen molar-refractivity contribution in [2.45, 2.75) is 43.7 Å². The van der Waals surface area contributed by atoms with Gasteiger partial charge in [-0.25, -0.2) is 4.79 Å². The molecular weight excluding hydrogens is 482 g/mol. The van der Waals surface area contributed by atoms with Crippen LogP contribution < -0.4 is 5.32 Å². The minimum atomic E-state index is -1.02. The van der Waals surface area contributed by atoms with Gasteiger partial charge in [-0.05, 0) is 34.2 Å². The number of hydrogen-bond donors (Lipinski definition) is 2. The van der Waals surface area contributed by atoms with Crippen molar-refractivity contribution in [2.24, 2.45) is 0 Å². The molecule has 0 radical (unpaired) electrons. The average molecular weight is 514 g/mol. The molecule has 0 bridgehead atoms. The van der Waals surface area contributed by atoms with E-state index in [2.05, 4.69) is 24.0 Å². The number of nitrogens with one attached hydrogen (secondary N) is 1. The van der Waals surface area contributed by atoms with Crippen molar-refractivity contribution in [1.29, 1.82) is 0 Å². The van der Waals surface area contributed by atoms with Gasteiger partial charge in [-0.2, -0.15) is 0 Å². The van der Waals surface area contributed by atoms with Gasteiger partial charge in [0.2, 0.25) is 0 Å². The molecule has 0 aliphatic heterocycles. The zero-order valence-corrected chi connectivity index (χ0v) is 21.0. The molecule has 4 rings (SSSR count). The van der Waals surface area contributed by atoms with E-state index in [0.29, 0.717) is 6.42 Å². The fraction of sp³-hybridized carbons (Fsp3) is 0.258. The summed E-state index contributed by atoms with van der Waals surface area (Å²) in [4.78, 5) is 36.6. The Balaban J connectivity index is 1.35. The van der Waals surface area contributed by atoms with E-state index in [1.54, 1.807) is 6.08 Å². The number of alkyl carbamates (subject to hydrolysis) is 1. The van der Waals surface area contributed by atoms with Gasteiger partial charge in [0, 0.05) is 24.8 Å². The van der Waals surface area contributed by atoms with Gasteiger partial charge in [0.05, 0.1) is 6.42 Å². The highest BCUT2D eigenvalue weighted by atomic mass is 16.6. The zero-order valence-electron chi connectivity index (χ0n) is 21.0. The molecule has 1 amide bonds. The Labute approximate surface area is 222 Å². The van der Waals surface area contributed by atoms with Crippen LogP contribution in [-0.4, -0.2) is 41.9 Å². The molecule has 1 aliphatic rings. The van der Waals surface area contributed by atoms with Crippen molar-refractivity contribution in [3.63, 3.8) is 0 Å². The lowest BCUT2D eigenvalue weighted by molar-refractivity contribution is -0.148. The third-order valence-corrected chi connectivity index (χ3v) is 6.61. The van der Waals surface area contributed by atoms with E-state index < -0.39 is 30.2 Å². The molecule has 2 atom stereocenters. The minimum Gasteiger partial charge on any atom is -0.481 e. The molecule has 1 unspecified atom stereocenters. The van der Waals surface area contributed by atoms with E-state index in [1.807, 2.05) is 66.7 Å². The van der Waals surface area contributed by atoms with Crippen LogP contribution in [0.4, 0.5) is 4.79 Å². The molecule has 0 heterocycles. The molecular formula is C31H31NO6. The van der Waals surface area contributed by atoms with Crippen molar-refractivity contribution in [1.82, 2.24) is 5.32 Å². The number of esters is 1. The van der Waals surface area contributed by atoms with E-state index in [9.17, 15) is 14.4 Å². The second-order valence-corrected chi connectivity index (χ2v) is 9.26. The van der Waals surface area contributed by atoms with Crippen molar-refractivity contribution in [3.05, 3.63) is 108 Å². The number of hydrogen-bond acceptors (Lipinski definition) is 5. The van der Waals surface area contributed by atoms with Gasteiger partial charge in [-0.15, -0.1) is 0 Å². The largest absolute Gasteiger partial charge is 0.481 e. The first-order valence-corrected chi connectivity index (χ1v) is 12.6. The zero-order chi connectivity index (χ0) is 26.9. The normalized spacial score (nSPS) is 13.5. The monoisotopic (exact) mass is 513 g/mol. The summed E-state index contributed by atoms with van der Waals surface area (Å²) in [6.45, 7) is 3.86. The lowest BCUT2D eigenvalue weighted by atomic mass is 9.98. The number of carbonyl (C=O) groups is 3. The predicted molar refractivity (Wildman–Crippen MR) is 144 cm³/mol. The summed E-state index contributed by atoms with van der Waals surface area (Å²) in [6, 6.07) is 24.8. The van der Waals surface area contributed by atoms with Crippen molar-refractivity contribution < 1.29 is 29.0 Å². The molecule has 2 N–H and O–H groups in total. The highest BCUT2D eigenvalue weighted by molar-refractivity contribution is 5.79. The molecule has 0 saturated carbocycles. The third-order valence-electron chi connectivity index (χ3n) is 6.61. The number of amides is 1. The average Bonchev–Trinajstić information content (AvgIpc) is 3.24. The Bertz CT molecular complexity index is 1240. The van der Waals surface area contributed by atoms with E-state index in [1.165, 1.54) is 0 Å². The molecule has 38 heavy (non-hydrogen) atoms. The second-order valence-electron chi connectivity index (χ2n) is 9.26. The summed E-state index contributed by atoms with van der Waals surface area (Å²) in [6.07, 6.45) is 0.435. The summed E-state index contributed by atoms with van der Waals surface area (Å²) in [5.41, 5.74) is 5.39. The number of carboxylic acids is 1. The highest BCUT2D eigenvalue weighted by Gasteiger charge is 2.29. The minimum absolute atomic E-state index is 0.0616. The van der Waals surface area contributed by atoms with Gasteiger partial charge in [0.1, 0.15) is 12.7 Å².